The molecule has 1 aliphatic rings. The smallest absolute Gasteiger partial charge is 0.260 e. The monoisotopic (exact) mass is 353 g/mol. The first-order chi connectivity index (χ1) is 12.6. The molecule has 1 N–H and O–H groups in total. The highest BCUT2D eigenvalue weighted by molar-refractivity contribution is 5.80. The van der Waals surface area contributed by atoms with Gasteiger partial charge >= 0.3 is 0 Å². The van der Waals surface area contributed by atoms with E-state index in [-0.39, 0.29) is 5.91 Å². The minimum absolute atomic E-state index is 0.119. The third kappa shape index (κ3) is 4.78. The van der Waals surface area contributed by atoms with E-state index in [1.165, 1.54) is 24.0 Å². The number of carbonyl (C=O) groups is 1. The summed E-state index contributed by atoms with van der Waals surface area (Å²) < 4.78 is 11.6. The second-order valence-corrected chi connectivity index (χ2v) is 6.82. The summed E-state index contributed by atoms with van der Waals surface area (Å²) in [5.41, 5.74) is 3.77. The van der Waals surface area contributed by atoms with Crippen LogP contribution in [0.3, 0.4) is 0 Å². The Bertz CT molecular complexity index is 757. The fourth-order valence-corrected chi connectivity index (χ4v) is 3.29. The van der Waals surface area contributed by atoms with E-state index in [0.717, 1.165) is 29.9 Å². The zero-order valence-corrected chi connectivity index (χ0v) is 15.6. The molecule has 2 aromatic carbocycles. The minimum atomic E-state index is -0.526. The average Bonchev–Trinajstić information content (AvgIpc) is 2.65. The molecule has 0 aromatic heterocycles. The van der Waals surface area contributed by atoms with Gasteiger partial charge in [0.25, 0.3) is 5.91 Å². The van der Waals surface area contributed by atoms with E-state index in [0.29, 0.717) is 13.2 Å². The number of fused-ring (bicyclic) bond motifs is 1. The van der Waals surface area contributed by atoms with Gasteiger partial charge in [-0.1, -0.05) is 24.3 Å². The van der Waals surface area contributed by atoms with Crippen molar-refractivity contribution in [2.45, 2.75) is 45.6 Å². The lowest BCUT2D eigenvalue weighted by Gasteiger charge is -2.22. The maximum absolute atomic E-state index is 12.3. The van der Waals surface area contributed by atoms with Gasteiger partial charge in [0.2, 0.25) is 0 Å². The number of nitrogens with one attached hydrogen (secondary N) is 1. The largest absolute Gasteiger partial charge is 0.492 e. The van der Waals surface area contributed by atoms with Gasteiger partial charge in [0.15, 0.2) is 6.10 Å². The van der Waals surface area contributed by atoms with Crippen LogP contribution in [0, 0.1) is 6.92 Å². The SMILES string of the molecule is Cc1cccc(OCCNC(=O)C(C)Oc2cccc3c2CCCC3)c1. The molecule has 0 fully saturated rings. The molecule has 1 aliphatic carbocycles. The zero-order valence-electron chi connectivity index (χ0n) is 15.6. The summed E-state index contributed by atoms with van der Waals surface area (Å²) in [6.45, 7) is 4.70. The predicted molar refractivity (Wildman–Crippen MR) is 103 cm³/mol. The zero-order chi connectivity index (χ0) is 18.4. The number of hydrogen-bond acceptors (Lipinski definition) is 3. The van der Waals surface area contributed by atoms with Gasteiger partial charge in [-0.15, -0.1) is 0 Å². The van der Waals surface area contributed by atoms with Crippen LogP contribution in [0.5, 0.6) is 11.5 Å². The first-order valence-electron chi connectivity index (χ1n) is 9.38. The highest BCUT2D eigenvalue weighted by Crippen LogP contribution is 2.30. The molecule has 4 heteroatoms. The molecule has 2 aromatic rings. The molecule has 1 atom stereocenters. The lowest BCUT2D eigenvalue weighted by atomic mass is 9.91. The van der Waals surface area contributed by atoms with Crippen LogP contribution in [0.4, 0.5) is 0 Å². The van der Waals surface area contributed by atoms with Gasteiger partial charge in [0.1, 0.15) is 18.1 Å². The van der Waals surface area contributed by atoms with Crippen molar-refractivity contribution in [2.24, 2.45) is 0 Å². The number of hydrogen-bond donors (Lipinski definition) is 1. The van der Waals surface area contributed by atoms with Crippen molar-refractivity contribution in [1.82, 2.24) is 5.32 Å². The Balaban J connectivity index is 1.46. The molecule has 26 heavy (non-hydrogen) atoms. The molecule has 0 bridgehead atoms. The van der Waals surface area contributed by atoms with Gasteiger partial charge in [-0.3, -0.25) is 4.79 Å². The molecular formula is C22H27NO3. The van der Waals surface area contributed by atoms with Gasteiger partial charge in [0, 0.05) is 0 Å². The second-order valence-electron chi connectivity index (χ2n) is 6.82. The van der Waals surface area contributed by atoms with E-state index in [1.54, 1.807) is 6.92 Å². The third-order valence-electron chi connectivity index (χ3n) is 4.69. The minimum Gasteiger partial charge on any atom is -0.492 e. The van der Waals surface area contributed by atoms with Crippen molar-refractivity contribution < 1.29 is 14.3 Å². The van der Waals surface area contributed by atoms with Crippen LogP contribution < -0.4 is 14.8 Å². The van der Waals surface area contributed by atoms with Crippen LogP contribution in [-0.4, -0.2) is 25.2 Å². The Labute approximate surface area is 155 Å². The molecule has 0 saturated carbocycles. The number of ether oxygens (including phenoxy) is 2. The molecular weight excluding hydrogens is 326 g/mol. The van der Waals surface area contributed by atoms with Crippen molar-refractivity contribution >= 4 is 5.91 Å². The van der Waals surface area contributed by atoms with Crippen molar-refractivity contribution in [3.8, 4) is 11.5 Å². The standard InChI is InChI=1S/C22H27NO3/c1-16-7-5-10-19(15-16)25-14-13-23-22(24)17(2)26-21-12-6-9-18-8-3-4-11-20(18)21/h5-7,9-10,12,15,17H,3-4,8,11,13-14H2,1-2H3,(H,23,24). The van der Waals surface area contributed by atoms with E-state index in [2.05, 4.69) is 11.4 Å². The van der Waals surface area contributed by atoms with Crippen LogP contribution in [-0.2, 0) is 17.6 Å². The normalized spacial score (nSPS) is 14.2. The van der Waals surface area contributed by atoms with Crippen LogP contribution in [0.2, 0.25) is 0 Å². The fraction of sp³-hybridized carbons (Fsp3) is 0.409. The maximum Gasteiger partial charge on any atom is 0.260 e. The predicted octanol–water partition coefficient (Wildman–Crippen LogP) is 3.84. The summed E-state index contributed by atoms with van der Waals surface area (Å²) in [7, 11) is 0. The van der Waals surface area contributed by atoms with E-state index >= 15 is 0 Å². The van der Waals surface area contributed by atoms with Crippen LogP contribution in [0.1, 0.15) is 36.5 Å². The van der Waals surface area contributed by atoms with E-state index < -0.39 is 6.10 Å². The van der Waals surface area contributed by atoms with Gasteiger partial charge < -0.3 is 14.8 Å². The first-order valence-corrected chi connectivity index (χ1v) is 9.38. The number of carbonyl (C=O) groups excluding carboxylic acids is 1. The number of amides is 1. The Morgan fingerprint density at radius 1 is 1.15 bits per heavy atom. The molecule has 4 nitrogen and oxygen atoms in total. The summed E-state index contributed by atoms with van der Waals surface area (Å²) in [5.74, 6) is 1.55. The fourth-order valence-electron chi connectivity index (χ4n) is 3.29. The van der Waals surface area contributed by atoms with Gasteiger partial charge in [-0.2, -0.15) is 0 Å². The molecule has 0 radical (unpaired) electrons. The van der Waals surface area contributed by atoms with E-state index in [9.17, 15) is 4.79 Å². The summed E-state index contributed by atoms with van der Waals surface area (Å²) in [4.78, 5) is 12.3. The summed E-state index contributed by atoms with van der Waals surface area (Å²) in [6, 6.07) is 14.0. The maximum atomic E-state index is 12.3. The first kappa shape index (κ1) is 18.3. The highest BCUT2D eigenvalue weighted by Gasteiger charge is 2.19. The molecule has 0 spiro atoms. The quantitative estimate of drug-likeness (QED) is 0.770. The number of benzene rings is 2. The summed E-state index contributed by atoms with van der Waals surface area (Å²) in [6.07, 6.45) is 4.02. The average molecular weight is 353 g/mol. The number of rotatable bonds is 7. The molecule has 0 heterocycles. The van der Waals surface area contributed by atoms with Crippen molar-refractivity contribution in [3.05, 3.63) is 59.2 Å². The molecule has 1 amide bonds. The van der Waals surface area contributed by atoms with Crippen LogP contribution >= 0.6 is 0 Å². The highest BCUT2D eigenvalue weighted by atomic mass is 16.5. The van der Waals surface area contributed by atoms with Crippen LogP contribution in [0.15, 0.2) is 42.5 Å². The summed E-state index contributed by atoms with van der Waals surface area (Å²) in [5, 5.41) is 2.88. The molecule has 138 valence electrons. The summed E-state index contributed by atoms with van der Waals surface area (Å²) >= 11 is 0. The Hall–Kier alpha value is -2.49. The lowest BCUT2D eigenvalue weighted by molar-refractivity contribution is -0.127. The van der Waals surface area contributed by atoms with Crippen molar-refractivity contribution in [1.29, 1.82) is 0 Å². The van der Waals surface area contributed by atoms with Gasteiger partial charge in [-0.25, -0.2) is 0 Å². The molecule has 3 rings (SSSR count). The molecule has 0 saturated heterocycles. The second kappa shape index (κ2) is 8.75. The topological polar surface area (TPSA) is 47.6 Å². The van der Waals surface area contributed by atoms with E-state index in [1.807, 2.05) is 43.3 Å². The van der Waals surface area contributed by atoms with Gasteiger partial charge in [-0.05, 0) is 74.4 Å². The number of aryl methyl sites for hydroxylation is 2. The molecule has 0 aliphatic heterocycles. The van der Waals surface area contributed by atoms with E-state index in [4.69, 9.17) is 9.47 Å². The third-order valence-corrected chi connectivity index (χ3v) is 4.69. The molecule has 1 unspecified atom stereocenters. The lowest BCUT2D eigenvalue weighted by Crippen LogP contribution is -2.38. The van der Waals surface area contributed by atoms with Crippen molar-refractivity contribution in [3.63, 3.8) is 0 Å². The Morgan fingerprint density at radius 2 is 1.96 bits per heavy atom. The Kier molecular flexibility index (Phi) is 6.16. The Morgan fingerprint density at radius 3 is 2.81 bits per heavy atom. The van der Waals surface area contributed by atoms with Crippen molar-refractivity contribution in [2.75, 3.05) is 13.2 Å². The van der Waals surface area contributed by atoms with Crippen LogP contribution in [0.25, 0.3) is 0 Å². The van der Waals surface area contributed by atoms with Gasteiger partial charge in [0.05, 0.1) is 6.54 Å².